The van der Waals surface area contributed by atoms with Crippen LogP contribution < -0.4 is 11.2 Å². The van der Waals surface area contributed by atoms with E-state index >= 15 is 0 Å². The van der Waals surface area contributed by atoms with E-state index < -0.39 is 11.2 Å². The van der Waals surface area contributed by atoms with Gasteiger partial charge in [0, 0.05) is 12.3 Å². The fraction of sp³-hybridized carbons (Fsp3) is 0. The lowest BCUT2D eigenvalue weighted by Gasteiger charge is -1.95. The molecule has 2 aromatic rings. The molecule has 1 N–H and O–H groups in total. The fourth-order valence-corrected chi connectivity index (χ4v) is 1.17. The van der Waals surface area contributed by atoms with Crippen LogP contribution in [0.2, 0.25) is 0 Å². The van der Waals surface area contributed by atoms with E-state index in [2.05, 4.69) is 10.1 Å². The molecule has 0 saturated heterocycles. The topological polar surface area (TPSA) is 67.2 Å². The van der Waals surface area contributed by atoms with Crippen LogP contribution in [0.1, 0.15) is 5.56 Å². The average molecular weight is 215 g/mol. The normalized spacial score (nSPS) is 10.8. The van der Waals surface area contributed by atoms with Crippen LogP contribution in [0.25, 0.3) is 0 Å². The Morgan fingerprint density at radius 3 is 2.56 bits per heavy atom. The molecule has 0 aliphatic heterocycles. The van der Waals surface area contributed by atoms with Crippen molar-refractivity contribution in [1.29, 1.82) is 0 Å². The van der Waals surface area contributed by atoms with Crippen molar-refractivity contribution in [2.75, 3.05) is 0 Å². The monoisotopic (exact) mass is 215 g/mol. The number of nitrogens with zero attached hydrogens (tertiary/aromatic N) is 2. The van der Waals surface area contributed by atoms with Gasteiger partial charge < -0.3 is 0 Å². The summed E-state index contributed by atoms with van der Waals surface area (Å²) in [6, 6.07) is 10.6. The highest BCUT2D eigenvalue weighted by Crippen LogP contribution is 1.93. The van der Waals surface area contributed by atoms with Crippen LogP contribution in [-0.2, 0) is 0 Å². The fourth-order valence-electron chi connectivity index (χ4n) is 1.17. The van der Waals surface area contributed by atoms with Crippen LogP contribution in [-0.4, -0.2) is 15.9 Å². The molecule has 1 aromatic heterocycles. The second kappa shape index (κ2) is 4.39. The minimum Gasteiger partial charge on any atom is -0.272 e. The Kier molecular flexibility index (Phi) is 2.77. The lowest BCUT2D eigenvalue weighted by molar-refractivity contribution is 0.778. The maximum atomic E-state index is 11.3. The molecule has 16 heavy (non-hydrogen) atoms. The molecule has 1 heterocycles. The second-order valence-electron chi connectivity index (χ2n) is 3.11. The number of hydrogen-bond acceptors (Lipinski definition) is 3. The molecular weight excluding hydrogens is 206 g/mol. The summed E-state index contributed by atoms with van der Waals surface area (Å²) in [4.78, 5) is 24.2. The molecule has 2 rings (SSSR count). The Hall–Kier alpha value is -2.43. The van der Waals surface area contributed by atoms with Gasteiger partial charge in [-0.3, -0.25) is 9.78 Å². The minimum atomic E-state index is -0.556. The number of aromatic amines is 1. The number of aromatic nitrogens is 2. The molecular formula is C11H9N3O2. The van der Waals surface area contributed by atoms with Gasteiger partial charge in [-0.25, -0.2) is 4.79 Å². The highest BCUT2D eigenvalue weighted by atomic mass is 16.2. The Bertz CT molecular complexity index is 611. The van der Waals surface area contributed by atoms with Crippen LogP contribution in [0.15, 0.2) is 57.3 Å². The summed E-state index contributed by atoms with van der Waals surface area (Å²) in [5.41, 5.74) is -0.114. The van der Waals surface area contributed by atoms with Gasteiger partial charge in [-0.2, -0.15) is 9.78 Å². The predicted octanol–water partition coefficient (Wildman–Crippen LogP) is 0.419. The van der Waals surface area contributed by atoms with Crippen molar-refractivity contribution in [3.05, 3.63) is 69.0 Å². The molecule has 0 saturated carbocycles. The van der Waals surface area contributed by atoms with Crippen molar-refractivity contribution in [3.8, 4) is 0 Å². The lowest BCUT2D eigenvalue weighted by atomic mass is 10.2. The SMILES string of the molecule is O=c1ccn(/N=C/c2ccccc2)c(=O)[nH]1. The van der Waals surface area contributed by atoms with Gasteiger partial charge >= 0.3 is 5.69 Å². The zero-order valence-electron chi connectivity index (χ0n) is 8.33. The number of benzene rings is 1. The van der Waals surface area contributed by atoms with Gasteiger partial charge in [0.1, 0.15) is 0 Å². The summed E-state index contributed by atoms with van der Waals surface area (Å²) < 4.78 is 1.06. The van der Waals surface area contributed by atoms with Crippen molar-refractivity contribution in [1.82, 2.24) is 9.66 Å². The standard InChI is InChI=1S/C11H9N3O2/c15-10-6-7-14(11(16)13-10)12-8-9-4-2-1-3-5-9/h1-8H,(H,13,15,16)/b12-8+. The molecule has 5 heteroatoms. The van der Waals surface area contributed by atoms with E-state index in [1.807, 2.05) is 30.3 Å². The first-order chi connectivity index (χ1) is 7.75. The largest absolute Gasteiger partial charge is 0.348 e. The Balaban J connectivity index is 2.31. The van der Waals surface area contributed by atoms with Crippen molar-refractivity contribution in [3.63, 3.8) is 0 Å². The first-order valence-electron chi connectivity index (χ1n) is 4.67. The van der Waals surface area contributed by atoms with Crippen LogP contribution in [0.5, 0.6) is 0 Å². The summed E-state index contributed by atoms with van der Waals surface area (Å²) in [5, 5.41) is 3.93. The summed E-state index contributed by atoms with van der Waals surface area (Å²) in [5.74, 6) is 0. The Morgan fingerprint density at radius 1 is 1.12 bits per heavy atom. The average Bonchev–Trinajstić information content (AvgIpc) is 2.29. The second-order valence-corrected chi connectivity index (χ2v) is 3.11. The predicted molar refractivity (Wildman–Crippen MR) is 60.8 cm³/mol. The third-order valence-corrected chi connectivity index (χ3v) is 1.94. The number of nitrogens with one attached hydrogen (secondary N) is 1. The molecule has 0 radical (unpaired) electrons. The van der Waals surface area contributed by atoms with Crippen molar-refractivity contribution >= 4 is 6.21 Å². The van der Waals surface area contributed by atoms with E-state index in [1.54, 1.807) is 6.21 Å². The quantitative estimate of drug-likeness (QED) is 0.737. The minimum absolute atomic E-state index is 0.434. The van der Waals surface area contributed by atoms with Gasteiger partial charge in [-0.1, -0.05) is 30.3 Å². The van der Waals surface area contributed by atoms with Gasteiger partial charge in [-0.15, -0.1) is 0 Å². The van der Waals surface area contributed by atoms with Crippen LogP contribution >= 0.6 is 0 Å². The van der Waals surface area contributed by atoms with E-state index in [-0.39, 0.29) is 0 Å². The van der Waals surface area contributed by atoms with E-state index in [0.717, 1.165) is 10.2 Å². The molecule has 0 aliphatic carbocycles. The van der Waals surface area contributed by atoms with Gasteiger partial charge in [0.05, 0.1) is 6.21 Å². The van der Waals surface area contributed by atoms with Crippen molar-refractivity contribution in [2.24, 2.45) is 5.10 Å². The molecule has 0 spiro atoms. The third kappa shape index (κ3) is 2.33. The number of hydrogen-bond donors (Lipinski definition) is 1. The molecule has 0 amide bonds. The number of rotatable bonds is 2. The van der Waals surface area contributed by atoms with Gasteiger partial charge in [0.25, 0.3) is 5.56 Å². The van der Waals surface area contributed by atoms with E-state index in [9.17, 15) is 9.59 Å². The van der Waals surface area contributed by atoms with Gasteiger partial charge in [0.2, 0.25) is 0 Å². The zero-order valence-corrected chi connectivity index (χ0v) is 8.33. The van der Waals surface area contributed by atoms with Crippen LogP contribution in [0, 0.1) is 0 Å². The molecule has 0 unspecified atom stereocenters. The first kappa shape index (κ1) is 10.1. The van der Waals surface area contributed by atoms with Crippen LogP contribution in [0.4, 0.5) is 0 Å². The molecule has 0 bridgehead atoms. The Labute approximate surface area is 90.7 Å². The van der Waals surface area contributed by atoms with Gasteiger partial charge in [0.15, 0.2) is 0 Å². The highest BCUT2D eigenvalue weighted by Gasteiger charge is 1.92. The molecule has 80 valence electrons. The lowest BCUT2D eigenvalue weighted by Crippen LogP contribution is -2.26. The molecule has 5 nitrogen and oxygen atoms in total. The van der Waals surface area contributed by atoms with Gasteiger partial charge in [-0.05, 0) is 5.56 Å². The maximum absolute atomic E-state index is 11.3. The highest BCUT2D eigenvalue weighted by molar-refractivity contribution is 5.79. The van der Waals surface area contributed by atoms with E-state index in [0.29, 0.717) is 0 Å². The smallest absolute Gasteiger partial charge is 0.272 e. The van der Waals surface area contributed by atoms with Crippen molar-refractivity contribution in [2.45, 2.75) is 0 Å². The summed E-state index contributed by atoms with van der Waals surface area (Å²) in [7, 11) is 0. The molecule has 0 atom stereocenters. The van der Waals surface area contributed by atoms with Crippen molar-refractivity contribution < 1.29 is 0 Å². The molecule has 1 aromatic carbocycles. The third-order valence-electron chi connectivity index (χ3n) is 1.94. The molecule has 0 aliphatic rings. The summed E-state index contributed by atoms with van der Waals surface area (Å²) in [6.07, 6.45) is 2.86. The van der Waals surface area contributed by atoms with E-state index in [1.165, 1.54) is 12.3 Å². The molecule has 0 fully saturated rings. The first-order valence-corrected chi connectivity index (χ1v) is 4.67. The zero-order chi connectivity index (χ0) is 11.4. The number of H-pyrrole nitrogens is 1. The summed E-state index contributed by atoms with van der Waals surface area (Å²) in [6.45, 7) is 0. The summed E-state index contributed by atoms with van der Waals surface area (Å²) >= 11 is 0. The van der Waals surface area contributed by atoms with Crippen LogP contribution in [0.3, 0.4) is 0 Å². The Morgan fingerprint density at radius 2 is 1.88 bits per heavy atom. The maximum Gasteiger partial charge on any atom is 0.348 e. The van der Waals surface area contributed by atoms with E-state index in [4.69, 9.17) is 0 Å².